The fourth-order valence-electron chi connectivity index (χ4n) is 2.56. The molecule has 2 atom stereocenters. The lowest BCUT2D eigenvalue weighted by Gasteiger charge is -2.19. The van der Waals surface area contributed by atoms with Gasteiger partial charge in [0.25, 0.3) is 11.8 Å². The van der Waals surface area contributed by atoms with E-state index in [1.165, 1.54) is 0 Å². The Morgan fingerprint density at radius 3 is 2.18 bits per heavy atom. The lowest BCUT2D eigenvalue weighted by Crippen LogP contribution is -2.32. The number of nitrogens with one attached hydrogen (secondary N) is 1. The smallest absolute Gasteiger partial charge is 0.462 e. The van der Waals surface area contributed by atoms with Crippen LogP contribution in [0.15, 0.2) is 0 Å². The van der Waals surface area contributed by atoms with Crippen LogP contribution in [0.1, 0.15) is 52.4 Å². The van der Waals surface area contributed by atoms with Crippen molar-refractivity contribution in [2.75, 3.05) is 39.6 Å². The van der Waals surface area contributed by atoms with Gasteiger partial charge < -0.3 is 29.3 Å². The Kier molecular flexibility index (Phi) is 15.3. The largest absolute Gasteiger partial charge is 0.472 e. The average Bonchev–Trinajstić information content (AvgIpc) is 3.19. The van der Waals surface area contributed by atoms with E-state index in [1.807, 2.05) is 0 Å². The zero-order valence-corrected chi connectivity index (χ0v) is 22.1. The van der Waals surface area contributed by atoms with Gasteiger partial charge in [0, 0.05) is 38.6 Å². The van der Waals surface area contributed by atoms with Crippen LogP contribution in [0.2, 0.25) is 0 Å². The Balaban J connectivity index is 2.19. The van der Waals surface area contributed by atoms with Crippen LogP contribution >= 0.6 is 7.82 Å². The molecule has 0 aromatic rings. The van der Waals surface area contributed by atoms with Crippen molar-refractivity contribution in [3.63, 3.8) is 0 Å². The lowest BCUT2D eigenvalue weighted by molar-refractivity contribution is -0.198. The van der Waals surface area contributed by atoms with E-state index in [0.29, 0.717) is 5.06 Å². The van der Waals surface area contributed by atoms with Gasteiger partial charge in [0.1, 0.15) is 6.61 Å². The molecule has 0 aliphatic carbocycles. The molecule has 1 aliphatic rings. The molecule has 1 fully saturated rings. The molecule has 2 N–H and O–H groups in total. The Hall–Kier alpha value is -2.91. The van der Waals surface area contributed by atoms with E-state index in [1.54, 1.807) is 13.8 Å². The van der Waals surface area contributed by atoms with Gasteiger partial charge in [0.15, 0.2) is 6.10 Å². The van der Waals surface area contributed by atoms with Gasteiger partial charge in [-0.1, -0.05) is 13.8 Å². The van der Waals surface area contributed by atoms with Crippen molar-refractivity contribution in [1.29, 1.82) is 0 Å². The predicted molar refractivity (Wildman–Crippen MR) is 123 cm³/mol. The van der Waals surface area contributed by atoms with Crippen molar-refractivity contribution in [3.8, 4) is 0 Å². The minimum Gasteiger partial charge on any atom is -0.462 e. The molecule has 1 aliphatic heterocycles. The molecule has 0 aromatic heterocycles. The van der Waals surface area contributed by atoms with Gasteiger partial charge in [-0.2, -0.15) is 0 Å². The fraction of sp³-hybridized carbons (Fsp3) is 0.714. The molecule has 1 saturated heterocycles. The molecule has 1 rings (SSSR count). The molecule has 3 amide bonds. The standard InChI is InChI=1S/C21H33N2O14P/c1-3-19(27)33-13-15(36-20(28)4-2)14-35-38(30,31)34-12-9-22-16(24)7-10-32-11-8-21(29)37-23-17(25)5-6-18(23)26/h15H,3-14H2,1-2H3,(H,22,24)(H,30,31)/t15-/m1/s1. The van der Waals surface area contributed by atoms with Crippen LogP contribution in [0.4, 0.5) is 0 Å². The minimum absolute atomic E-state index is 0.0139. The third-order valence-electron chi connectivity index (χ3n) is 4.53. The van der Waals surface area contributed by atoms with Gasteiger partial charge in [-0.15, -0.1) is 5.06 Å². The van der Waals surface area contributed by atoms with Crippen molar-refractivity contribution in [1.82, 2.24) is 10.4 Å². The van der Waals surface area contributed by atoms with Crippen molar-refractivity contribution >= 4 is 43.5 Å². The van der Waals surface area contributed by atoms with Crippen LogP contribution in [-0.4, -0.2) is 91.3 Å². The predicted octanol–water partition coefficient (Wildman–Crippen LogP) is -0.0848. The molecule has 0 radical (unpaired) electrons. The molecular weight excluding hydrogens is 535 g/mol. The number of esters is 2. The molecule has 17 heteroatoms. The number of amides is 3. The van der Waals surface area contributed by atoms with E-state index in [9.17, 15) is 38.2 Å². The number of nitrogens with zero attached hydrogens (tertiary/aromatic N) is 1. The third-order valence-corrected chi connectivity index (χ3v) is 5.51. The van der Waals surface area contributed by atoms with E-state index in [0.717, 1.165) is 0 Å². The summed E-state index contributed by atoms with van der Waals surface area (Å²) in [6.07, 6.45) is -1.35. The molecule has 1 unspecified atom stereocenters. The number of hydroxylamine groups is 2. The Bertz CT molecular complexity index is 879. The normalized spacial score (nSPS) is 15.5. The molecule has 216 valence electrons. The molecule has 0 bridgehead atoms. The summed E-state index contributed by atoms with van der Waals surface area (Å²) in [6, 6.07) is 0. The molecule has 38 heavy (non-hydrogen) atoms. The highest BCUT2D eigenvalue weighted by atomic mass is 31.2. The number of imide groups is 1. The van der Waals surface area contributed by atoms with Crippen molar-refractivity contribution in [2.24, 2.45) is 0 Å². The summed E-state index contributed by atoms with van der Waals surface area (Å²) < 4.78 is 36.5. The minimum atomic E-state index is -4.57. The van der Waals surface area contributed by atoms with E-state index >= 15 is 0 Å². The van der Waals surface area contributed by atoms with E-state index in [-0.39, 0.29) is 71.5 Å². The molecule has 0 aromatic carbocycles. The highest BCUT2D eigenvalue weighted by molar-refractivity contribution is 7.47. The number of phosphoric ester groups is 1. The maximum atomic E-state index is 12.0. The Morgan fingerprint density at radius 2 is 1.55 bits per heavy atom. The first-order valence-electron chi connectivity index (χ1n) is 11.8. The second kappa shape index (κ2) is 17.6. The van der Waals surface area contributed by atoms with Crippen LogP contribution in [0, 0.1) is 0 Å². The van der Waals surface area contributed by atoms with E-state index in [4.69, 9.17) is 23.3 Å². The molecule has 0 spiro atoms. The fourth-order valence-corrected chi connectivity index (χ4v) is 3.31. The number of hydrogen-bond acceptors (Lipinski definition) is 13. The number of phosphoric acid groups is 1. The molecule has 16 nitrogen and oxygen atoms in total. The number of ether oxygens (including phenoxy) is 3. The summed E-state index contributed by atoms with van der Waals surface area (Å²) in [5, 5.41) is 2.85. The van der Waals surface area contributed by atoms with E-state index < -0.39 is 56.2 Å². The Labute approximate surface area is 218 Å². The number of hydrogen-bond donors (Lipinski definition) is 2. The first kappa shape index (κ1) is 33.1. The van der Waals surface area contributed by atoms with Gasteiger partial charge in [-0.3, -0.25) is 33.0 Å². The van der Waals surface area contributed by atoms with Crippen LogP contribution in [0.25, 0.3) is 0 Å². The summed E-state index contributed by atoms with van der Waals surface area (Å²) in [5.74, 6) is -3.66. The summed E-state index contributed by atoms with van der Waals surface area (Å²) in [5.41, 5.74) is 0. The Morgan fingerprint density at radius 1 is 0.921 bits per heavy atom. The summed E-state index contributed by atoms with van der Waals surface area (Å²) in [6.45, 7) is 1.49. The van der Waals surface area contributed by atoms with Crippen molar-refractivity contribution in [2.45, 2.75) is 58.5 Å². The SMILES string of the molecule is CCC(=O)OC[C@H](COP(=O)(O)OCCNC(=O)CCOCCC(=O)ON1C(=O)CCC1=O)OC(=O)CC. The monoisotopic (exact) mass is 568 g/mol. The molecular formula is C21H33N2O14P. The zero-order chi connectivity index (χ0) is 28.6. The number of rotatable bonds is 19. The van der Waals surface area contributed by atoms with Crippen LogP contribution in [0.5, 0.6) is 0 Å². The average molecular weight is 568 g/mol. The zero-order valence-electron chi connectivity index (χ0n) is 21.2. The van der Waals surface area contributed by atoms with Gasteiger partial charge >= 0.3 is 25.7 Å². The van der Waals surface area contributed by atoms with Crippen molar-refractivity contribution < 1.29 is 66.3 Å². The summed E-state index contributed by atoms with van der Waals surface area (Å²) in [4.78, 5) is 83.4. The van der Waals surface area contributed by atoms with Gasteiger partial charge in [-0.05, 0) is 0 Å². The second-order valence-corrected chi connectivity index (χ2v) is 9.06. The third kappa shape index (κ3) is 14.1. The maximum absolute atomic E-state index is 12.0. The maximum Gasteiger partial charge on any atom is 0.472 e. The highest BCUT2D eigenvalue weighted by Crippen LogP contribution is 2.43. The number of carbonyl (C=O) groups excluding carboxylic acids is 6. The summed E-state index contributed by atoms with van der Waals surface area (Å²) >= 11 is 0. The second-order valence-electron chi connectivity index (χ2n) is 7.61. The molecule has 0 saturated carbocycles. The molecule has 1 heterocycles. The van der Waals surface area contributed by atoms with Crippen molar-refractivity contribution in [3.05, 3.63) is 0 Å². The van der Waals surface area contributed by atoms with Crippen LogP contribution < -0.4 is 5.32 Å². The van der Waals surface area contributed by atoms with Crippen LogP contribution in [0.3, 0.4) is 0 Å². The van der Waals surface area contributed by atoms with Gasteiger partial charge in [0.2, 0.25) is 5.91 Å². The lowest BCUT2D eigenvalue weighted by atomic mass is 10.4. The van der Waals surface area contributed by atoms with Gasteiger partial charge in [-0.25, -0.2) is 9.36 Å². The first-order chi connectivity index (χ1) is 18.0. The summed E-state index contributed by atoms with van der Waals surface area (Å²) in [7, 11) is -4.57. The highest BCUT2D eigenvalue weighted by Gasteiger charge is 2.32. The van der Waals surface area contributed by atoms with Gasteiger partial charge in [0.05, 0.1) is 32.8 Å². The number of carbonyl (C=O) groups is 6. The first-order valence-corrected chi connectivity index (χ1v) is 13.3. The van der Waals surface area contributed by atoms with Crippen LogP contribution in [-0.2, 0) is 61.4 Å². The van der Waals surface area contributed by atoms with E-state index in [2.05, 4.69) is 10.2 Å². The topological polar surface area (TPSA) is 210 Å². The quantitative estimate of drug-likeness (QED) is 0.0903.